The monoisotopic (exact) mass is 248 g/mol. The van der Waals surface area contributed by atoms with Crippen LogP contribution in [0.3, 0.4) is 0 Å². The SMILES string of the molecule is CCCC(CC)Nc1nc(NN)cn2ccnc12. The van der Waals surface area contributed by atoms with Crippen molar-refractivity contribution in [1.29, 1.82) is 0 Å². The summed E-state index contributed by atoms with van der Waals surface area (Å²) in [4.78, 5) is 8.74. The minimum atomic E-state index is 0.413. The van der Waals surface area contributed by atoms with Gasteiger partial charge < -0.3 is 15.1 Å². The van der Waals surface area contributed by atoms with Crippen molar-refractivity contribution in [2.75, 3.05) is 10.7 Å². The molecule has 2 heterocycles. The molecule has 2 aromatic heterocycles. The van der Waals surface area contributed by atoms with Crippen molar-refractivity contribution in [3.63, 3.8) is 0 Å². The lowest BCUT2D eigenvalue weighted by Gasteiger charge is -2.17. The molecule has 0 aliphatic rings. The Morgan fingerprint density at radius 2 is 2.28 bits per heavy atom. The van der Waals surface area contributed by atoms with Crippen LogP contribution in [-0.4, -0.2) is 20.4 Å². The van der Waals surface area contributed by atoms with Gasteiger partial charge in [-0.25, -0.2) is 15.8 Å². The second-order valence-electron chi connectivity index (χ2n) is 4.32. The van der Waals surface area contributed by atoms with E-state index in [4.69, 9.17) is 5.84 Å². The molecule has 1 atom stereocenters. The highest BCUT2D eigenvalue weighted by Gasteiger charge is 2.11. The molecule has 18 heavy (non-hydrogen) atoms. The zero-order chi connectivity index (χ0) is 13.0. The van der Waals surface area contributed by atoms with Crippen LogP contribution >= 0.6 is 0 Å². The van der Waals surface area contributed by atoms with Crippen LogP contribution in [0.5, 0.6) is 0 Å². The number of anilines is 2. The van der Waals surface area contributed by atoms with E-state index < -0.39 is 0 Å². The van der Waals surface area contributed by atoms with Crippen molar-refractivity contribution in [2.24, 2.45) is 5.84 Å². The molecule has 0 radical (unpaired) electrons. The molecule has 1 unspecified atom stereocenters. The summed E-state index contributed by atoms with van der Waals surface area (Å²) in [5.74, 6) is 6.82. The second-order valence-corrected chi connectivity index (χ2v) is 4.32. The molecular weight excluding hydrogens is 228 g/mol. The largest absolute Gasteiger partial charge is 0.364 e. The molecule has 0 aliphatic carbocycles. The second kappa shape index (κ2) is 5.68. The topological polar surface area (TPSA) is 80.3 Å². The van der Waals surface area contributed by atoms with Gasteiger partial charge in [-0.15, -0.1) is 0 Å². The highest BCUT2D eigenvalue weighted by atomic mass is 15.3. The Bertz CT molecular complexity index is 506. The van der Waals surface area contributed by atoms with Gasteiger partial charge in [-0.05, 0) is 12.8 Å². The number of nitrogen functional groups attached to an aromatic ring is 1. The van der Waals surface area contributed by atoms with E-state index in [2.05, 4.69) is 34.6 Å². The number of nitrogens with one attached hydrogen (secondary N) is 2. The Kier molecular flexibility index (Phi) is 3.99. The van der Waals surface area contributed by atoms with Crippen molar-refractivity contribution in [1.82, 2.24) is 14.4 Å². The fraction of sp³-hybridized carbons (Fsp3) is 0.500. The lowest BCUT2D eigenvalue weighted by atomic mass is 10.1. The summed E-state index contributed by atoms with van der Waals surface area (Å²) < 4.78 is 1.91. The summed E-state index contributed by atoms with van der Waals surface area (Å²) in [5.41, 5.74) is 3.40. The van der Waals surface area contributed by atoms with Crippen LogP contribution in [-0.2, 0) is 0 Å². The Morgan fingerprint density at radius 1 is 1.44 bits per heavy atom. The summed E-state index contributed by atoms with van der Waals surface area (Å²) in [6.07, 6.45) is 8.76. The lowest BCUT2D eigenvalue weighted by Crippen LogP contribution is -2.20. The minimum absolute atomic E-state index is 0.413. The third kappa shape index (κ3) is 2.53. The van der Waals surface area contributed by atoms with E-state index in [1.54, 1.807) is 6.20 Å². The number of fused-ring (bicyclic) bond motifs is 1. The first-order valence-corrected chi connectivity index (χ1v) is 6.35. The van der Waals surface area contributed by atoms with Crippen molar-refractivity contribution >= 4 is 17.3 Å². The number of hydrogen-bond donors (Lipinski definition) is 3. The quantitative estimate of drug-likeness (QED) is 0.538. The maximum atomic E-state index is 5.43. The predicted octanol–water partition coefficient (Wildman–Crippen LogP) is 2.01. The van der Waals surface area contributed by atoms with Gasteiger partial charge in [0.25, 0.3) is 0 Å². The highest BCUT2D eigenvalue weighted by molar-refractivity contribution is 5.65. The molecule has 0 saturated heterocycles. The number of imidazole rings is 1. The van der Waals surface area contributed by atoms with E-state index in [0.717, 1.165) is 30.7 Å². The van der Waals surface area contributed by atoms with Crippen LogP contribution in [0.2, 0.25) is 0 Å². The van der Waals surface area contributed by atoms with Gasteiger partial charge in [0, 0.05) is 18.4 Å². The maximum Gasteiger partial charge on any atom is 0.180 e. The fourth-order valence-corrected chi connectivity index (χ4v) is 2.02. The molecule has 0 aromatic carbocycles. The number of hydrogen-bond acceptors (Lipinski definition) is 5. The van der Waals surface area contributed by atoms with Crippen molar-refractivity contribution in [3.05, 3.63) is 18.6 Å². The minimum Gasteiger partial charge on any atom is -0.364 e. The molecule has 0 bridgehead atoms. The first kappa shape index (κ1) is 12.6. The Morgan fingerprint density at radius 3 is 2.94 bits per heavy atom. The summed E-state index contributed by atoms with van der Waals surface area (Å²) in [6.45, 7) is 4.35. The molecule has 2 rings (SSSR count). The molecule has 0 fully saturated rings. The predicted molar refractivity (Wildman–Crippen MR) is 73.4 cm³/mol. The smallest absolute Gasteiger partial charge is 0.180 e. The summed E-state index contributed by atoms with van der Waals surface area (Å²) in [5, 5.41) is 3.44. The molecular formula is C12H20N6. The van der Waals surface area contributed by atoms with E-state index in [-0.39, 0.29) is 0 Å². The molecule has 0 aliphatic heterocycles. The van der Waals surface area contributed by atoms with Gasteiger partial charge in [0.1, 0.15) is 0 Å². The molecule has 0 amide bonds. The van der Waals surface area contributed by atoms with Crippen molar-refractivity contribution < 1.29 is 0 Å². The number of rotatable bonds is 6. The van der Waals surface area contributed by atoms with Crippen LogP contribution < -0.4 is 16.6 Å². The van der Waals surface area contributed by atoms with Crippen LogP contribution in [0.25, 0.3) is 5.65 Å². The normalized spacial score (nSPS) is 12.6. The zero-order valence-electron chi connectivity index (χ0n) is 10.8. The standard InChI is InChI=1S/C12H20N6/c1-3-5-9(4-2)15-11-12-14-6-7-18(12)8-10(16-11)17-13/h6-9,17H,3-5,13H2,1-2H3,(H,15,16). The number of aromatic nitrogens is 3. The van der Waals surface area contributed by atoms with E-state index in [0.29, 0.717) is 11.9 Å². The number of hydrazine groups is 1. The number of nitrogens with zero attached hydrogens (tertiary/aromatic N) is 3. The van der Waals surface area contributed by atoms with E-state index >= 15 is 0 Å². The average Bonchev–Trinajstić information content (AvgIpc) is 2.86. The van der Waals surface area contributed by atoms with E-state index in [1.165, 1.54) is 0 Å². The first-order valence-electron chi connectivity index (χ1n) is 6.35. The number of nitrogens with two attached hydrogens (primary N) is 1. The van der Waals surface area contributed by atoms with Crippen LogP contribution in [0.4, 0.5) is 11.6 Å². The molecule has 0 saturated carbocycles. The van der Waals surface area contributed by atoms with Crippen LogP contribution in [0.1, 0.15) is 33.1 Å². The van der Waals surface area contributed by atoms with Gasteiger partial charge in [-0.3, -0.25) is 0 Å². The van der Waals surface area contributed by atoms with Gasteiger partial charge in [0.15, 0.2) is 17.3 Å². The van der Waals surface area contributed by atoms with Gasteiger partial charge in [0.2, 0.25) is 0 Å². The fourth-order valence-electron chi connectivity index (χ4n) is 2.02. The summed E-state index contributed by atoms with van der Waals surface area (Å²) in [6, 6.07) is 0.413. The molecule has 2 aromatic rings. The van der Waals surface area contributed by atoms with E-state index in [9.17, 15) is 0 Å². The highest BCUT2D eigenvalue weighted by Crippen LogP contribution is 2.18. The summed E-state index contributed by atoms with van der Waals surface area (Å²) >= 11 is 0. The molecule has 4 N–H and O–H groups in total. The van der Waals surface area contributed by atoms with E-state index in [1.807, 2.05) is 16.8 Å². The maximum absolute atomic E-state index is 5.43. The molecule has 0 spiro atoms. The Balaban J connectivity index is 2.32. The Hall–Kier alpha value is -1.82. The van der Waals surface area contributed by atoms with Crippen molar-refractivity contribution in [2.45, 2.75) is 39.2 Å². The van der Waals surface area contributed by atoms with Gasteiger partial charge >= 0.3 is 0 Å². The molecule has 6 nitrogen and oxygen atoms in total. The first-order chi connectivity index (χ1) is 8.78. The Labute approximate surface area is 107 Å². The third-order valence-corrected chi connectivity index (χ3v) is 2.99. The zero-order valence-corrected chi connectivity index (χ0v) is 10.8. The van der Waals surface area contributed by atoms with Crippen LogP contribution in [0, 0.1) is 0 Å². The third-order valence-electron chi connectivity index (χ3n) is 2.99. The van der Waals surface area contributed by atoms with Crippen LogP contribution in [0.15, 0.2) is 18.6 Å². The van der Waals surface area contributed by atoms with Gasteiger partial charge in [0.05, 0.1) is 6.20 Å². The lowest BCUT2D eigenvalue weighted by molar-refractivity contribution is 0.620. The van der Waals surface area contributed by atoms with Crippen molar-refractivity contribution in [3.8, 4) is 0 Å². The van der Waals surface area contributed by atoms with Gasteiger partial charge in [-0.2, -0.15) is 0 Å². The van der Waals surface area contributed by atoms with Gasteiger partial charge in [-0.1, -0.05) is 20.3 Å². The average molecular weight is 248 g/mol. The molecule has 6 heteroatoms. The summed E-state index contributed by atoms with van der Waals surface area (Å²) in [7, 11) is 0. The molecule has 98 valence electrons.